The van der Waals surface area contributed by atoms with Gasteiger partial charge in [-0.15, -0.1) is 22.7 Å². The van der Waals surface area contributed by atoms with Gasteiger partial charge in [0, 0.05) is 25.1 Å². The molecule has 1 unspecified atom stereocenters. The second-order valence-corrected chi connectivity index (χ2v) is 8.13. The van der Waals surface area contributed by atoms with Gasteiger partial charge >= 0.3 is 0 Å². The molecule has 1 fully saturated rings. The fourth-order valence-electron chi connectivity index (χ4n) is 3.10. The standard InChI is InChI=1S/C20H20N2O2S2/c23-20(17-14-26-19(21-17)18-9-5-11-25-18)22(13-16-8-4-10-24-16)12-15-6-2-1-3-7-15/h1-3,5-7,9,11,14,16H,4,8,10,12-13H2. The van der Waals surface area contributed by atoms with Gasteiger partial charge in [0.25, 0.3) is 5.91 Å². The summed E-state index contributed by atoms with van der Waals surface area (Å²) in [6, 6.07) is 14.1. The number of amides is 1. The van der Waals surface area contributed by atoms with E-state index < -0.39 is 0 Å². The van der Waals surface area contributed by atoms with Crippen LogP contribution in [-0.2, 0) is 11.3 Å². The maximum atomic E-state index is 13.1. The van der Waals surface area contributed by atoms with Crippen molar-refractivity contribution >= 4 is 28.6 Å². The van der Waals surface area contributed by atoms with Gasteiger partial charge in [-0.3, -0.25) is 4.79 Å². The van der Waals surface area contributed by atoms with E-state index in [0.717, 1.165) is 34.9 Å². The van der Waals surface area contributed by atoms with Crippen LogP contribution in [-0.4, -0.2) is 35.0 Å². The molecule has 3 aromatic rings. The Morgan fingerprint density at radius 3 is 2.81 bits per heavy atom. The highest BCUT2D eigenvalue weighted by atomic mass is 32.1. The summed E-state index contributed by atoms with van der Waals surface area (Å²) in [6.07, 6.45) is 2.20. The SMILES string of the molecule is O=C(c1csc(-c2cccs2)n1)N(Cc1ccccc1)CC1CCCO1. The van der Waals surface area contributed by atoms with E-state index in [0.29, 0.717) is 18.8 Å². The van der Waals surface area contributed by atoms with Crippen LogP contribution in [0.4, 0.5) is 0 Å². The second-order valence-electron chi connectivity index (χ2n) is 6.32. The third-order valence-corrected chi connectivity index (χ3v) is 6.29. The molecule has 1 atom stereocenters. The van der Waals surface area contributed by atoms with Gasteiger partial charge in [0.2, 0.25) is 0 Å². The third kappa shape index (κ3) is 4.03. The smallest absolute Gasteiger partial charge is 0.273 e. The summed E-state index contributed by atoms with van der Waals surface area (Å²) in [5, 5.41) is 4.79. The highest BCUT2D eigenvalue weighted by Crippen LogP contribution is 2.28. The summed E-state index contributed by atoms with van der Waals surface area (Å²) in [5.41, 5.74) is 1.64. The number of carbonyl (C=O) groups is 1. The molecule has 0 radical (unpaired) electrons. The highest BCUT2D eigenvalue weighted by molar-refractivity contribution is 7.20. The van der Waals surface area contributed by atoms with Crippen LogP contribution in [0, 0.1) is 0 Å². The van der Waals surface area contributed by atoms with Crippen molar-refractivity contribution in [1.29, 1.82) is 0 Å². The minimum absolute atomic E-state index is 0.0246. The molecule has 6 heteroatoms. The summed E-state index contributed by atoms with van der Waals surface area (Å²) in [7, 11) is 0. The van der Waals surface area contributed by atoms with E-state index in [2.05, 4.69) is 4.98 Å². The molecular formula is C20H20N2O2S2. The predicted octanol–water partition coefficient (Wildman–Crippen LogP) is 4.69. The second kappa shape index (κ2) is 8.12. The number of benzene rings is 1. The normalized spacial score (nSPS) is 16.7. The molecule has 0 aliphatic carbocycles. The fraction of sp³-hybridized carbons (Fsp3) is 0.300. The molecule has 1 aliphatic heterocycles. The molecule has 26 heavy (non-hydrogen) atoms. The Labute approximate surface area is 161 Å². The van der Waals surface area contributed by atoms with Crippen LogP contribution in [0.5, 0.6) is 0 Å². The quantitative estimate of drug-likeness (QED) is 0.619. The Morgan fingerprint density at radius 2 is 2.08 bits per heavy atom. The average Bonchev–Trinajstić information content (AvgIpc) is 3.42. The Bertz CT molecular complexity index is 840. The first-order valence-electron chi connectivity index (χ1n) is 8.74. The third-order valence-electron chi connectivity index (χ3n) is 4.41. The Kier molecular flexibility index (Phi) is 5.43. The van der Waals surface area contributed by atoms with E-state index in [1.165, 1.54) is 11.3 Å². The summed E-state index contributed by atoms with van der Waals surface area (Å²) in [4.78, 5) is 20.7. The fourth-order valence-corrected chi connectivity index (χ4v) is 4.71. The van der Waals surface area contributed by atoms with Crippen molar-refractivity contribution in [2.24, 2.45) is 0 Å². The van der Waals surface area contributed by atoms with Crippen LogP contribution in [0.2, 0.25) is 0 Å². The lowest BCUT2D eigenvalue weighted by Gasteiger charge is -2.25. The maximum Gasteiger partial charge on any atom is 0.273 e. The van der Waals surface area contributed by atoms with Gasteiger partial charge in [0.1, 0.15) is 10.7 Å². The van der Waals surface area contributed by atoms with E-state index in [-0.39, 0.29) is 12.0 Å². The van der Waals surface area contributed by atoms with E-state index in [1.807, 2.05) is 58.1 Å². The van der Waals surface area contributed by atoms with E-state index >= 15 is 0 Å². The van der Waals surface area contributed by atoms with Crippen LogP contribution in [0.15, 0.2) is 53.2 Å². The molecule has 1 amide bonds. The zero-order chi connectivity index (χ0) is 17.8. The molecule has 4 nitrogen and oxygen atoms in total. The lowest BCUT2D eigenvalue weighted by molar-refractivity contribution is 0.0503. The number of ether oxygens (including phenoxy) is 1. The molecule has 1 aliphatic rings. The van der Waals surface area contributed by atoms with Crippen LogP contribution < -0.4 is 0 Å². The highest BCUT2D eigenvalue weighted by Gasteiger charge is 2.25. The van der Waals surface area contributed by atoms with Crippen LogP contribution in [0.1, 0.15) is 28.9 Å². The van der Waals surface area contributed by atoms with Gasteiger partial charge < -0.3 is 9.64 Å². The number of rotatable bonds is 6. The van der Waals surface area contributed by atoms with Crippen molar-refractivity contribution in [2.75, 3.05) is 13.2 Å². The Morgan fingerprint density at radius 1 is 1.19 bits per heavy atom. The first-order valence-corrected chi connectivity index (χ1v) is 10.5. The number of nitrogens with zero attached hydrogens (tertiary/aromatic N) is 2. The topological polar surface area (TPSA) is 42.4 Å². The van der Waals surface area contributed by atoms with Crippen molar-refractivity contribution in [3.05, 3.63) is 64.5 Å². The summed E-state index contributed by atoms with van der Waals surface area (Å²) in [6.45, 7) is 1.97. The van der Waals surface area contributed by atoms with Gasteiger partial charge in [0.15, 0.2) is 0 Å². The van der Waals surface area contributed by atoms with Crippen LogP contribution in [0.3, 0.4) is 0 Å². The Hall–Kier alpha value is -2.02. The average molecular weight is 385 g/mol. The van der Waals surface area contributed by atoms with Crippen molar-refractivity contribution in [3.8, 4) is 9.88 Å². The monoisotopic (exact) mass is 384 g/mol. The van der Waals surface area contributed by atoms with Crippen LogP contribution in [0.25, 0.3) is 9.88 Å². The number of hydrogen-bond acceptors (Lipinski definition) is 5. The number of hydrogen-bond donors (Lipinski definition) is 0. The molecule has 1 saturated heterocycles. The van der Waals surface area contributed by atoms with Gasteiger partial charge in [-0.25, -0.2) is 4.98 Å². The van der Waals surface area contributed by atoms with E-state index in [4.69, 9.17) is 4.74 Å². The van der Waals surface area contributed by atoms with Gasteiger partial charge in [-0.05, 0) is 29.9 Å². The van der Waals surface area contributed by atoms with E-state index in [1.54, 1.807) is 11.3 Å². The maximum absolute atomic E-state index is 13.1. The van der Waals surface area contributed by atoms with E-state index in [9.17, 15) is 4.79 Å². The number of thiophene rings is 1. The minimum Gasteiger partial charge on any atom is -0.376 e. The first kappa shape index (κ1) is 17.4. The molecule has 134 valence electrons. The zero-order valence-electron chi connectivity index (χ0n) is 14.3. The molecule has 0 spiro atoms. The molecule has 0 bridgehead atoms. The first-order chi connectivity index (χ1) is 12.8. The molecule has 1 aromatic carbocycles. The lowest BCUT2D eigenvalue weighted by Crippen LogP contribution is -2.37. The lowest BCUT2D eigenvalue weighted by atomic mass is 10.1. The van der Waals surface area contributed by atoms with Gasteiger partial charge in [-0.2, -0.15) is 0 Å². The zero-order valence-corrected chi connectivity index (χ0v) is 16.0. The van der Waals surface area contributed by atoms with Crippen molar-refractivity contribution in [2.45, 2.75) is 25.5 Å². The number of aromatic nitrogens is 1. The summed E-state index contributed by atoms with van der Waals surface area (Å²) >= 11 is 3.16. The number of thiazole rings is 1. The molecule has 3 heterocycles. The summed E-state index contributed by atoms with van der Waals surface area (Å²) in [5.74, 6) is -0.0246. The molecular weight excluding hydrogens is 364 g/mol. The minimum atomic E-state index is -0.0246. The van der Waals surface area contributed by atoms with Crippen molar-refractivity contribution < 1.29 is 9.53 Å². The van der Waals surface area contributed by atoms with Crippen molar-refractivity contribution in [3.63, 3.8) is 0 Å². The molecule has 4 rings (SSSR count). The van der Waals surface area contributed by atoms with Gasteiger partial charge in [-0.1, -0.05) is 36.4 Å². The van der Waals surface area contributed by atoms with Crippen molar-refractivity contribution in [1.82, 2.24) is 9.88 Å². The predicted molar refractivity (Wildman–Crippen MR) is 106 cm³/mol. The largest absolute Gasteiger partial charge is 0.376 e. The molecule has 0 saturated carbocycles. The Balaban J connectivity index is 1.54. The van der Waals surface area contributed by atoms with Gasteiger partial charge in [0.05, 0.1) is 11.0 Å². The number of carbonyl (C=O) groups excluding carboxylic acids is 1. The molecule has 2 aromatic heterocycles. The van der Waals surface area contributed by atoms with Crippen LogP contribution >= 0.6 is 22.7 Å². The summed E-state index contributed by atoms with van der Waals surface area (Å²) < 4.78 is 5.76. The molecule has 0 N–H and O–H groups in total.